The Morgan fingerprint density at radius 3 is 2.60 bits per heavy atom. The molecule has 100 valence electrons. The van der Waals surface area contributed by atoms with Crippen molar-refractivity contribution >= 4 is 11.6 Å². The lowest BCUT2D eigenvalue weighted by Crippen LogP contribution is -2.15. The summed E-state index contributed by atoms with van der Waals surface area (Å²) in [5, 5.41) is 11.8. The lowest BCUT2D eigenvalue weighted by Gasteiger charge is -2.08. The van der Waals surface area contributed by atoms with Gasteiger partial charge < -0.3 is 5.32 Å². The molecule has 0 radical (unpaired) electrons. The van der Waals surface area contributed by atoms with Gasteiger partial charge in [-0.3, -0.25) is 4.79 Å². The van der Waals surface area contributed by atoms with Gasteiger partial charge in [-0.1, -0.05) is 30.3 Å². The quantitative estimate of drug-likeness (QED) is 0.924. The monoisotopic (exact) mass is 264 g/mol. The first-order chi connectivity index (χ1) is 9.60. The molecule has 1 amide bonds. The molecule has 2 aromatic carbocycles. The molecular formula is C17H16N2O. The number of anilines is 1. The lowest BCUT2D eigenvalue weighted by atomic mass is 10.0. The molecule has 0 spiro atoms. The van der Waals surface area contributed by atoms with Gasteiger partial charge in [-0.25, -0.2) is 0 Å². The molecule has 0 aliphatic heterocycles. The molecule has 0 unspecified atom stereocenters. The van der Waals surface area contributed by atoms with Crippen LogP contribution in [-0.4, -0.2) is 5.91 Å². The highest BCUT2D eigenvalue weighted by Gasteiger charge is 2.07. The van der Waals surface area contributed by atoms with Gasteiger partial charge in [0.25, 0.3) is 0 Å². The van der Waals surface area contributed by atoms with Crippen LogP contribution in [0.5, 0.6) is 0 Å². The highest BCUT2D eigenvalue weighted by Crippen LogP contribution is 2.15. The summed E-state index contributed by atoms with van der Waals surface area (Å²) in [4.78, 5) is 12.0. The largest absolute Gasteiger partial charge is 0.325 e. The number of nitriles is 1. The van der Waals surface area contributed by atoms with Gasteiger partial charge in [-0.15, -0.1) is 0 Å². The van der Waals surface area contributed by atoms with E-state index in [1.807, 2.05) is 32.0 Å². The maximum absolute atomic E-state index is 12.0. The molecule has 0 saturated heterocycles. The summed E-state index contributed by atoms with van der Waals surface area (Å²) in [5.41, 5.74) is 4.39. The molecular weight excluding hydrogens is 248 g/mol. The van der Waals surface area contributed by atoms with Crippen molar-refractivity contribution in [3.05, 3.63) is 64.7 Å². The Hall–Kier alpha value is -2.60. The molecule has 1 N–H and O–H groups in total. The Kier molecular flexibility index (Phi) is 4.17. The van der Waals surface area contributed by atoms with Crippen molar-refractivity contribution in [3.8, 4) is 6.07 Å². The van der Waals surface area contributed by atoms with Crippen LogP contribution in [0, 0.1) is 25.2 Å². The van der Waals surface area contributed by atoms with E-state index < -0.39 is 0 Å². The predicted molar refractivity (Wildman–Crippen MR) is 79.4 cm³/mol. The van der Waals surface area contributed by atoms with Crippen molar-refractivity contribution in [3.63, 3.8) is 0 Å². The summed E-state index contributed by atoms with van der Waals surface area (Å²) in [7, 11) is 0. The molecule has 0 aromatic heterocycles. The molecule has 2 aromatic rings. The summed E-state index contributed by atoms with van der Waals surface area (Å²) in [5.74, 6) is -0.115. The van der Waals surface area contributed by atoms with Crippen LogP contribution in [0.4, 0.5) is 5.69 Å². The highest BCUT2D eigenvalue weighted by atomic mass is 16.1. The van der Waals surface area contributed by atoms with Gasteiger partial charge in [-0.2, -0.15) is 5.26 Å². The fraction of sp³-hybridized carbons (Fsp3) is 0.176. The number of benzene rings is 2. The summed E-state index contributed by atoms with van der Waals surface area (Å²) in [6.07, 6.45) is 0.306. The van der Waals surface area contributed by atoms with Crippen LogP contribution in [0.1, 0.15) is 22.3 Å². The number of carbonyl (C=O) groups is 1. The van der Waals surface area contributed by atoms with E-state index in [4.69, 9.17) is 5.26 Å². The zero-order valence-corrected chi connectivity index (χ0v) is 11.6. The average Bonchev–Trinajstić information content (AvgIpc) is 2.43. The van der Waals surface area contributed by atoms with Crippen LogP contribution in [-0.2, 0) is 11.2 Å². The fourth-order valence-electron chi connectivity index (χ4n) is 1.98. The van der Waals surface area contributed by atoms with Gasteiger partial charge in [0.2, 0.25) is 5.91 Å². The first kappa shape index (κ1) is 13.8. The standard InChI is InChI=1S/C17H16N2O/c1-12-7-8-14(9-13(12)2)10-17(20)19-16-6-4-3-5-15(16)11-18/h3-9H,10H2,1-2H3,(H,19,20). The number of amides is 1. The molecule has 0 bridgehead atoms. The third kappa shape index (κ3) is 3.24. The number of nitrogens with one attached hydrogen (secondary N) is 1. The summed E-state index contributed by atoms with van der Waals surface area (Å²) in [6, 6.07) is 15.0. The third-order valence-corrected chi connectivity index (χ3v) is 3.26. The van der Waals surface area contributed by atoms with Crippen LogP contribution < -0.4 is 5.32 Å². The Morgan fingerprint density at radius 2 is 1.90 bits per heavy atom. The highest BCUT2D eigenvalue weighted by molar-refractivity contribution is 5.93. The van der Waals surface area contributed by atoms with E-state index in [9.17, 15) is 4.79 Å². The van der Waals surface area contributed by atoms with Crippen LogP contribution in [0.2, 0.25) is 0 Å². The molecule has 0 aliphatic rings. The van der Waals surface area contributed by atoms with Gasteiger partial charge >= 0.3 is 0 Å². The summed E-state index contributed by atoms with van der Waals surface area (Å²) < 4.78 is 0. The van der Waals surface area contributed by atoms with Crippen LogP contribution in [0.15, 0.2) is 42.5 Å². The van der Waals surface area contributed by atoms with Crippen LogP contribution in [0.3, 0.4) is 0 Å². The number of nitrogens with zero attached hydrogens (tertiary/aromatic N) is 1. The number of aryl methyl sites for hydroxylation is 2. The maximum Gasteiger partial charge on any atom is 0.228 e. The number of hydrogen-bond donors (Lipinski definition) is 1. The van der Waals surface area contributed by atoms with E-state index >= 15 is 0 Å². The van der Waals surface area contributed by atoms with Gasteiger partial charge in [0.05, 0.1) is 17.7 Å². The second-order valence-corrected chi connectivity index (χ2v) is 4.80. The molecule has 20 heavy (non-hydrogen) atoms. The van der Waals surface area contributed by atoms with E-state index in [0.29, 0.717) is 17.7 Å². The Labute approximate surface area is 118 Å². The minimum absolute atomic E-state index is 0.115. The predicted octanol–water partition coefficient (Wildman–Crippen LogP) is 3.36. The average molecular weight is 264 g/mol. The van der Waals surface area contributed by atoms with E-state index in [0.717, 1.165) is 5.56 Å². The van der Waals surface area contributed by atoms with Crippen molar-refractivity contribution in [2.24, 2.45) is 0 Å². The minimum atomic E-state index is -0.115. The molecule has 0 saturated carbocycles. The van der Waals surface area contributed by atoms with Gasteiger partial charge in [0.1, 0.15) is 6.07 Å². The second-order valence-electron chi connectivity index (χ2n) is 4.80. The normalized spacial score (nSPS) is 9.85. The number of hydrogen-bond acceptors (Lipinski definition) is 2. The van der Waals surface area contributed by atoms with Crippen LogP contribution >= 0.6 is 0 Å². The maximum atomic E-state index is 12.0. The fourth-order valence-corrected chi connectivity index (χ4v) is 1.98. The van der Waals surface area contributed by atoms with Gasteiger partial charge in [-0.05, 0) is 42.7 Å². The van der Waals surface area contributed by atoms with E-state index in [-0.39, 0.29) is 5.91 Å². The minimum Gasteiger partial charge on any atom is -0.325 e. The van der Waals surface area contributed by atoms with E-state index in [1.165, 1.54) is 11.1 Å². The lowest BCUT2D eigenvalue weighted by molar-refractivity contribution is -0.115. The second kappa shape index (κ2) is 6.03. The Balaban J connectivity index is 2.09. The Bertz CT molecular complexity index is 684. The van der Waals surface area contributed by atoms with Crippen molar-refractivity contribution in [2.45, 2.75) is 20.3 Å². The summed E-state index contributed by atoms with van der Waals surface area (Å²) >= 11 is 0. The molecule has 0 fully saturated rings. The molecule has 0 heterocycles. The van der Waals surface area contributed by atoms with E-state index in [1.54, 1.807) is 24.3 Å². The van der Waals surface area contributed by atoms with Gasteiger partial charge in [0.15, 0.2) is 0 Å². The van der Waals surface area contributed by atoms with Crippen molar-refractivity contribution < 1.29 is 4.79 Å². The molecule has 0 atom stereocenters. The van der Waals surface area contributed by atoms with E-state index in [2.05, 4.69) is 11.4 Å². The first-order valence-electron chi connectivity index (χ1n) is 6.45. The first-order valence-corrected chi connectivity index (χ1v) is 6.45. The van der Waals surface area contributed by atoms with Crippen molar-refractivity contribution in [1.82, 2.24) is 0 Å². The van der Waals surface area contributed by atoms with Crippen molar-refractivity contribution in [1.29, 1.82) is 5.26 Å². The topological polar surface area (TPSA) is 52.9 Å². The molecule has 0 aliphatic carbocycles. The van der Waals surface area contributed by atoms with Gasteiger partial charge in [0, 0.05) is 0 Å². The molecule has 2 rings (SSSR count). The number of carbonyl (C=O) groups excluding carboxylic acids is 1. The smallest absolute Gasteiger partial charge is 0.228 e. The number of rotatable bonds is 3. The third-order valence-electron chi connectivity index (χ3n) is 3.26. The zero-order chi connectivity index (χ0) is 14.5. The summed E-state index contributed by atoms with van der Waals surface area (Å²) in [6.45, 7) is 4.07. The SMILES string of the molecule is Cc1ccc(CC(=O)Nc2ccccc2C#N)cc1C. The van der Waals surface area contributed by atoms with Crippen molar-refractivity contribution in [2.75, 3.05) is 5.32 Å². The Morgan fingerprint density at radius 1 is 1.15 bits per heavy atom. The van der Waals surface area contributed by atoms with Crippen LogP contribution in [0.25, 0.3) is 0 Å². The number of para-hydroxylation sites is 1. The zero-order valence-electron chi connectivity index (χ0n) is 11.6. The molecule has 3 heteroatoms. The molecule has 3 nitrogen and oxygen atoms in total.